The molecule has 0 unspecified atom stereocenters. The van der Waals surface area contributed by atoms with E-state index < -0.39 is 0 Å². The number of hydrogen-bond donors (Lipinski definition) is 0. The molecule has 4 aliphatic rings. The van der Waals surface area contributed by atoms with Crippen LogP contribution in [0.2, 0.25) is 0 Å². The Morgan fingerprint density at radius 2 is 0.966 bits per heavy atom. The summed E-state index contributed by atoms with van der Waals surface area (Å²) in [4.78, 5) is 0. The van der Waals surface area contributed by atoms with Gasteiger partial charge in [0.25, 0.3) is 0 Å². The van der Waals surface area contributed by atoms with E-state index in [0.717, 1.165) is 24.7 Å². The van der Waals surface area contributed by atoms with Gasteiger partial charge in [0.2, 0.25) is 0 Å². The van der Waals surface area contributed by atoms with E-state index in [9.17, 15) is 0 Å². The Bertz CT molecular complexity index is 544. The van der Waals surface area contributed by atoms with Crippen LogP contribution < -0.4 is 0 Å². The molecule has 4 rings (SSSR count). The third-order valence-electron chi connectivity index (χ3n) is 7.66. The van der Waals surface area contributed by atoms with Gasteiger partial charge in [0.1, 0.15) is 0 Å². The second-order valence-electron chi connectivity index (χ2n) is 9.43. The van der Waals surface area contributed by atoms with Gasteiger partial charge in [-0.3, -0.25) is 12.2 Å². The SMILES string of the molecule is CC(C)C1(C2=[C-]CC=C2)CCCC1.CC(C)C1(C2=[C-]CC=C2)CCCC1.Cl.Cl.[Zr+2]. The zero-order valence-corrected chi connectivity index (χ0v) is 22.9. The summed E-state index contributed by atoms with van der Waals surface area (Å²) in [7, 11) is 0. The average Bonchev–Trinajstić information content (AvgIpc) is 3.45. The van der Waals surface area contributed by atoms with Gasteiger partial charge in [-0.25, -0.2) is 23.3 Å². The van der Waals surface area contributed by atoms with Gasteiger partial charge < -0.3 is 0 Å². The molecule has 2 saturated carbocycles. The first-order chi connectivity index (χ1) is 12.5. The summed E-state index contributed by atoms with van der Waals surface area (Å²) in [6, 6.07) is 0. The molecule has 0 saturated heterocycles. The van der Waals surface area contributed by atoms with Gasteiger partial charge >= 0.3 is 26.2 Å². The van der Waals surface area contributed by atoms with E-state index in [4.69, 9.17) is 0 Å². The Morgan fingerprint density at radius 1 is 0.655 bits per heavy atom. The topological polar surface area (TPSA) is 0 Å². The number of halogens is 2. The quantitative estimate of drug-likeness (QED) is 0.329. The zero-order valence-electron chi connectivity index (χ0n) is 18.9. The number of hydrogen-bond acceptors (Lipinski definition) is 0. The molecule has 0 aromatic carbocycles. The van der Waals surface area contributed by atoms with Crippen LogP contribution in [-0.4, -0.2) is 0 Å². The van der Waals surface area contributed by atoms with Gasteiger partial charge in [0, 0.05) is 0 Å². The standard InChI is InChI=1S/2C13H19.2ClH.Zr/c2*1-11(2)13(9-5-6-10-13)12-7-3-4-8-12;;;/h2*3,7,11H,4-6,9-10H2,1-2H3;2*1H;/q2*-1;;;+2. The predicted molar refractivity (Wildman–Crippen MR) is 127 cm³/mol. The van der Waals surface area contributed by atoms with Crippen molar-refractivity contribution in [2.45, 2.75) is 91.9 Å². The van der Waals surface area contributed by atoms with Crippen molar-refractivity contribution in [3.8, 4) is 0 Å². The summed E-state index contributed by atoms with van der Waals surface area (Å²) in [5.41, 5.74) is 4.01. The summed E-state index contributed by atoms with van der Waals surface area (Å²) in [5.74, 6) is 1.56. The summed E-state index contributed by atoms with van der Waals surface area (Å²) in [6.07, 6.45) is 29.5. The van der Waals surface area contributed by atoms with Gasteiger partial charge in [-0.15, -0.1) is 37.7 Å². The molecular weight excluding hydrogens is 474 g/mol. The fourth-order valence-corrected chi connectivity index (χ4v) is 5.82. The molecule has 0 aromatic rings. The van der Waals surface area contributed by atoms with E-state index >= 15 is 0 Å². The van der Waals surface area contributed by atoms with E-state index in [0.29, 0.717) is 10.8 Å². The minimum absolute atomic E-state index is 0. The Morgan fingerprint density at radius 3 is 1.17 bits per heavy atom. The van der Waals surface area contributed by atoms with E-state index in [-0.39, 0.29) is 51.0 Å². The first-order valence-corrected chi connectivity index (χ1v) is 11.1. The molecule has 0 spiro atoms. The monoisotopic (exact) mass is 512 g/mol. The minimum atomic E-state index is 0. The minimum Gasteiger partial charge on any atom is -0.269 e. The third kappa shape index (κ3) is 6.23. The molecule has 4 aliphatic carbocycles. The molecular formula is C26H40Cl2Zr. The molecule has 0 aromatic heterocycles. The van der Waals surface area contributed by atoms with Crippen molar-refractivity contribution in [3.63, 3.8) is 0 Å². The van der Waals surface area contributed by atoms with Crippen molar-refractivity contribution >= 4 is 24.8 Å². The molecule has 2 fully saturated rings. The Labute approximate surface area is 212 Å². The number of rotatable bonds is 4. The van der Waals surface area contributed by atoms with E-state index in [1.165, 1.54) is 62.5 Å². The Kier molecular flexibility index (Phi) is 13.3. The van der Waals surface area contributed by atoms with Crippen LogP contribution in [0.25, 0.3) is 0 Å². The summed E-state index contributed by atoms with van der Waals surface area (Å²) in [6.45, 7) is 9.47. The van der Waals surface area contributed by atoms with E-state index in [2.05, 4.69) is 64.2 Å². The van der Waals surface area contributed by atoms with E-state index in [1.807, 2.05) is 0 Å². The third-order valence-corrected chi connectivity index (χ3v) is 7.66. The molecule has 0 amide bonds. The molecule has 3 heteroatoms. The van der Waals surface area contributed by atoms with Crippen LogP contribution in [0.4, 0.5) is 0 Å². The van der Waals surface area contributed by atoms with Crippen molar-refractivity contribution in [3.05, 3.63) is 47.6 Å². The molecule has 0 aliphatic heterocycles. The van der Waals surface area contributed by atoms with Crippen LogP contribution in [0.5, 0.6) is 0 Å². The largest absolute Gasteiger partial charge is 2.00 e. The molecule has 0 N–H and O–H groups in total. The Balaban J connectivity index is 0.000000490. The van der Waals surface area contributed by atoms with Gasteiger partial charge in [-0.1, -0.05) is 53.4 Å². The van der Waals surface area contributed by atoms with Crippen LogP contribution >= 0.6 is 24.8 Å². The zero-order chi connectivity index (χ0) is 18.6. The molecule has 0 bridgehead atoms. The predicted octanol–water partition coefficient (Wildman–Crippen LogP) is 8.63. The smallest absolute Gasteiger partial charge is 0.269 e. The van der Waals surface area contributed by atoms with Gasteiger partial charge in [0.15, 0.2) is 0 Å². The Hall–Kier alpha value is 0.423. The molecule has 0 heterocycles. The molecule has 29 heavy (non-hydrogen) atoms. The first-order valence-electron chi connectivity index (χ1n) is 11.1. The summed E-state index contributed by atoms with van der Waals surface area (Å²) >= 11 is 0. The van der Waals surface area contributed by atoms with Crippen molar-refractivity contribution in [2.24, 2.45) is 22.7 Å². The second-order valence-corrected chi connectivity index (χ2v) is 9.43. The molecule has 0 atom stereocenters. The van der Waals surface area contributed by atoms with Gasteiger partial charge in [0.05, 0.1) is 0 Å². The maximum atomic E-state index is 3.53. The maximum absolute atomic E-state index is 3.53. The van der Waals surface area contributed by atoms with E-state index in [1.54, 1.807) is 0 Å². The normalized spacial score (nSPS) is 23.0. The van der Waals surface area contributed by atoms with Crippen molar-refractivity contribution in [1.29, 1.82) is 0 Å². The average molecular weight is 515 g/mol. The maximum Gasteiger partial charge on any atom is 2.00 e. The molecule has 0 radical (unpaired) electrons. The van der Waals surface area contributed by atoms with Crippen LogP contribution in [0, 0.1) is 34.8 Å². The van der Waals surface area contributed by atoms with Crippen LogP contribution in [0.15, 0.2) is 35.5 Å². The summed E-state index contributed by atoms with van der Waals surface area (Å²) < 4.78 is 0. The van der Waals surface area contributed by atoms with Crippen molar-refractivity contribution in [2.75, 3.05) is 0 Å². The first kappa shape index (κ1) is 29.4. The van der Waals surface area contributed by atoms with Gasteiger partial charge in [-0.2, -0.15) is 12.2 Å². The van der Waals surface area contributed by atoms with Crippen LogP contribution in [0.1, 0.15) is 91.9 Å². The van der Waals surface area contributed by atoms with Crippen LogP contribution in [-0.2, 0) is 26.2 Å². The molecule has 0 nitrogen and oxygen atoms in total. The van der Waals surface area contributed by atoms with Crippen LogP contribution in [0.3, 0.4) is 0 Å². The summed E-state index contributed by atoms with van der Waals surface area (Å²) in [5, 5.41) is 0. The fourth-order valence-electron chi connectivity index (χ4n) is 5.82. The molecule has 162 valence electrons. The number of allylic oxidation sites excluding steroid dienone is 8. The fraction of sp³-hybridized carbons (Fsp3) is 0.692. The van der Waals surface area contributed by atoms with Crippen molar-refractivity contribution < 1.29 is 26.2 Å². The van der Waals surface area contributed by atoms with Gasteiger partial charge in [-0.05, 0) is 48.3 Å². The second kappa shape index (κ2) is 13.1. The van der Waals surface area contributed by atoms with Crippen molar-refractivity contribution in [1.82, 2.24) is 0 Å².